The van der Waals surface area contributed by atoms with Gasteiger partial charge in [0.2, 0.25) is 5.91 Å². The summed E-state index contributed by atoms with van der Waals surface area (Å²) in [7, 11) is 0. The van der Waals surface area contributed by atoms with Crippen molar-refractivity contribution in [2.45, 2.75) is 25.8 Å². The maximum atomic E-state index is 14.8. The number of carbonyl (C=O) groups excluding carboxylic acids is 2. The van der Waals surface area contributed by atoms with E-state index in [1.165, 1.54) is 6.07 Å². The third-order valence-corrected chi connectivity index (χ3v) is 8.37. The molecule has 2 fully saturated rings. The predicted octanol–water partition coefficient (Wildman–Crippen LogP) is 4.18. The van der Waals surface area contributed by atoms with E-state index in [1.54, 1.807) is 46.1 Å². The maximum absolute atomic E-state index is 14.8. The Morgan fingerprint density at radius 3 is 2.70 bits per heavy atom. The molecule has 44 heavy (non-hydrogen) atoms. The molecule has 1 atom stereocenters. The lowest BCUT2D eigenvalue weighted by Gasteiger charge is -2.36. The van der Waals surface area contributed by atoms with Crippen molar-refractivity contribution in [3.8, 4) is 23.1 Å². The normalized spacial score (nSPS) is 16.6. The monoisotopic (exact) mass is 616 g/mol. The summed E-state index contributed by atoms with van der Waals surface area (Å²) >= 11 is 6.34. The summed E-state index contributed by atoms with van der Waals surface area (Å²) in [6.07, 6.45) is 6.74. The largest absolute Gasteiger partial charge is 0.476 e. The van der Waals surface area contributed by atoms with Gasteiger partial charge < -0.3 is 25.2 Å². The van der Waals surface area contributed by atoms with E-state index in [2.05, 4.69) is 20.6 Å². The van der Waals surface area contributed by atoms with Crippen LogP contribution in [0.4, 0.5) is 15.9 Å². The number of nitriles is 1. The number of nitrogens with zero attached hydrogens (tertiary/aromatic N) is 6. The second-order valence-corrected chi connectivity index (χ2v) is 11.1. The highest BCUT2D eigenvalue weighted by Crippen LogP contribution is 2.36. The molecule has 6 rings (SSSR count). The first-order chi connectivity index (χ1) is 21.4. The molecule has 0 radical (unpaired) electrons. The molecule has 2 aliphatic heterocycles. The number of hydrogen-bond acceptors (Lipinski definition) is 8. The number of imidazole rings is 1. The van der Waals surface area contributed by atoms with E-state index >= 15 is 0 Å². The van der Waals surface area contributed by atoms with Gasteiger partial charge in [0.25, 0.3) is 5.91 Å². The Morgan fingerprint density at radius 1 is 1.18 bits per heavy atom. The molecule has 4 heterocycles. The molecule has 2 amide bonds. The fourth-order valence-corrected chi connectivity index (χ4v) is 5.94. The van der Waals surface area contributed by atoms with E-state index in [4.69, 9.17) is 21.6 Å². The molecule has 13 heteroatoms. The van der Waals surface area contributed by atoms with Crippen LogP contribution in [0.15, 0.2) is 48.9 Å². The second-order valence-electron chi connectivity index (χ2n) is 10.7. The molecule has 1 unspecified atom stereocenters. The lowest BCUT2D eigenvalue weighted by molar-refractivity contribution is -0.134. The molecule has 2 aliphatic rings. The van der Waals surface area contributed by atoms with Gasteiger partial charge in [-0.05, 0) is 62.2 Å². The van der Waals surface area contributed by atoms with Crippen molar-refractivity contribution < 1.29 is 18.7 Å². The number of piperazine rings is 1. The maximum Gasteiger partial charge on any atom is 0.254 e. The van der Waals surface area contributed by atoms with E-state index < -0.39 is 5.82 Å². The molecule has 0 spiro atoms. The van der Waals surface area contributed by atoms with Gasteiger partial charge in [-0.3, -0.25) is 14.0 Å². The van der Waals surface area contributed by atoms with Crippen molar-refractivity contribution in [1.29, 1.82) is 5.26 Å². The number of benzene rings is 2. The highest BCUT2D eigenvalue weighted by Gasteiger charge is 2.31. The van der Waals surface area contributed by atoms with Crippen molar-refractivity contribution in [2.75, 3.05) is 44.6 Å². The number of carbonyl (C=O) groups is 2. The van der Waals surface area contributed by atoms with Gasteiger partial charge in [0.1, 0.15) is 6.07 Å². The molecule has 11 nitrogen and oxygen atoms in total. The molecule has 2 N–H and O–H groups in total. The molecule has 4 aromatic rings. The summed E-state index contributed by atoms with van der Waals surface area (Å²) in [5.41, 5.74) is 3.54. The molecule has 0 bridgehead atoms. The molecular formula is C31H30ClFN8O3. The Hall–Kier alpha value is -4.73. The van der Waals surface area contributed by atoms with Gasteiger partial charge in [0, 0.05) is 55.4 Å². The third-order valence-electron chi connectivity index (χ3n) is 8.00. The molecule has 2 aromatic heterocycles. The van der Waals surface area contributed by atoms with Crippen molar-refractivity contribution in [1.82, 2.24) is 29.5 Å². The van der Waals surface area contributed by atoms with Crippen molar-refractivity contribution in [2.24, 2.45) is 0 Å². The summed E-state index contributed by atoms with van der Waals surface area (Å²) in [4.78, 5) is 38.7. The molecule has 2 saturated heterocycles. The van der Waals surface area contributed by atoms with Crippen molar-refractivity contribution in [3.63, 3.8) is 0 Å². The zero-order valence-electron chi connectivity index (χ0n) is 24.0. The highest BCUT2D eigenvalue weighted by molar-refractivity contribution is 6.33. The van der Waals surface area contributed by atoms with Crippen LogP contribution >= 0.6 is 11.6 Å². The van der Waals surface area contributed by atoms with Gasteiger partial charge in [-0.2, -0.15) is 5.26 Å². The van der Waals surface area contributed by atoms with E-state index in [1.807, 2.05) is 24.0 Å². The van der Waals surface area contributed by atoms with E-state index in [0.717, 1.165) is 24.9 Å². The number of nitrogens with one attached hydrogen (secondary N) is 2. The smallest absolute Gasteiger partial charge is 0.254 e. The number of halogens is 2. The Balaban J connectivity index is 1.16. The van der Waals surface area contributed by atoms with Gasteiger partial charge >= 0.3 is 0 Å². The Morgan fingerprint density at radius 2 is 1.98 bits per heavy atom. The number of anilines is 2. The van der Waals surface area contributed by atoms with Crippen LogP contribution in [-0.4, -0.2) is 81.4 Å². The Bertz CT molecular complexity index is 1770. The fourth-order valence-electron chi connectivity index (χ4n) is 5.69. The van der Waals surface area contributed by atoms with Gasteiger partial charge in [-0.1, -0.05) is 11.6 Å². The van der Waals surface area contributed by atoms with Crippen LogP contribution in [0.25, 0.3) is 16.9 Å². The predicted molar refractivity (Wildman–Crippen MR) is 162 cm³/mol. The average Bonchev–Trinajstić information content (AvgIpc) is 3.73. The zero-order valence-corrected chi connectivity index (χ0v) is 24.8. The highest BCUT2D eigenvalue weighted by atomic mass is 35.5. The molecule has 0 saturated carbocycles. The van der Waals surface area contributed by atoms with Crippen molar-refractivity contribution in [3.05, 3.63) is 70.9 Å². The summed E-state index contributed by atoms with van der Waals surface area (Å²) in [6, 6.07) is 10.2. The fraction of sp³-hybridized carbons (Fsp3) is 0.323. The number of amides is 2. The van der Waals surface area contributed by atoms with E-state index in [9.17, 15) is 14.0 Å². The lowest BCUT2D eigenvalue weighted by Crippen LogP contribution is -2.54. The quantitative estimate of drug-likeness (QED) is 0.317. The van der Waals surface area contributed by atoms with Crippen molar-refractivity contribution >= 4 is 40.6 Å². The summed E-state index contributed by atoms with van der Waals surface area (Å²) in [5, 5.41) is 15.1. The number of hydrogen-bond donors (Lipinski definition) is 2. The minimum atomic E-state index is -0.761. The van der Waals surface area contributed by atoms with Crippen LogP contribution in [0.5, 0.6) is 5.75 Å². The van der Waals surface area contributed by atoms with Gasteiger partial charge in [-0.25, -0.2) is 14.4 Å². The molecule has 2 aromatic carbocycles. The first kappa shape index (κ1) is 29.3. The van der Waals surface area contributed by atoms with Crippen LogP contribution in [0, 0.1) is 24.1 Å². The minimum Gasteiger partial charge on any atom is -0.476 e. The first-order valence-corrected chi connectivity index (χ1v) is 14.7. The number of aryl methyl sites for hydroxylation is 1. The summed E-state index contributed by atoms with van der Waals surface area (Å²) < 4.78 is 21.7. The SMILES string of the molecule is Cc1cc(Nc2nccn3c(-c4ccc(OCC#N)c(F)c4Cl)cnc23)ccc1C(=O)N1CCN(C(=O)C2CCCN2)CC1. The second kappa shape index (κ2) is 12.5. The average molecular weight is 617 g/mol. The molecule has 0 aliphatic carbocycles. The summed E-state index contributed by atoms with van der Waals surface area (Å²) in [5.74, 6) is -0.343. The Labute approximate surface area is 258 Å². The minimum absolute atomic E-state index is 0.0635. The van der Waals surface area contributed by atoms with Gasteiger partial charge in [-0.15, -0.1) is 0 Å². The summed E-state index contributed by atoms with van der Waals surface area (Å²) in [6.45, 7) is 4.50. The van der Waals surface area contributed by atoms with Crippen LogP contribution in [0.1, 0.15) is 28.8 Å². The topological polar surface area (TPSA) is 128 Å². The van der Waals surface area contributed by atoms with Crippen LogP contribution in [0.3, 0.4) is 0 Å². The standard InChI is InChI=1S/C31H30ClFN8O3/c1-19-17-20(4-5-21(19)30(42)39-12-14-40(15-13-39)31(43)23-3-2-9-35-23)38-28-29-37-18-24(41(29)11-10-36-28)22-6-7-25(44-16-8-34)27(33)26(22)32/h4-7,10-11,17-18,23,35H,2-3,9,12-16H2,1H3,(H,36,38). The Kier molecular flexibility index (Phi) is 8.32. The van der Waals surface area contributed by atoms with Crippen LogP contribution in [0.2, 0.25) is 5.02 Å². The van der Waals surface area contributed by atoms with Gasteiger partial charge in [0.05, 0.1) is 23.0 Å². The van der Waals surface area contributed by atoms with Crippen LogP contribution in [-0.2, 0) is 4.79 Å². The first-order valence-electron chi connectivity index (χ1n) is 14.3. The molecule has 226 valence electrons. The number of aromatic nitrogens is 3. The third kappa shape index (κ3) is 5.64. The van der Waals surface area contributed by atoms with Gasteiger partial charge in [0.15, 0.2) is 29.6 Å². The number of rotatable bonds is 7. The number of fused-ring (bicyclic) bond motifs is 1. The van der Waals surface area contributed by atoms with E-state index in [0.29, 0.717) is 60.2 Å². The molecular weight excluding hydrogens is 587 g/mol. The zero-order chi connectivity index (χ0) is 30.8. The van der Waals surface area contributed by atoms with E-state index in [-0.39, 0.29) is 35.2 Å². The number of ether oxygens (including phenoxy) is 1. The lowest BCUT2D eigenvalue weighted by atomic mass is 10.1. The van der Waals surface area contributed by atoms with Crippen LogP contribution < -0.4 is 15.4 Å².